The van der Waals surface area contributed by atoms with E-state index in [1.807, 2.05) is 23.9 Å². The van der Waals surface area contributed by atoms with Gasteiger partial charge in [-0.05, 0) is 43.7 Å². The maximum atomic E-state index is 9.11. The number of phenolic OH excluding ortho intramolecular Hbond substituents is 1. The Morgan fingerprint density at radius 3 is 2.79 bits per heavy atom. The van der Waals surface area contributed by atoms with E-state index in [1.165, 1.54) is 24.3 Å². The number of thioether (sulfide) groups is 1. The Kier molecular flexibility index (Phi) is 3.32. The lowest BCUT2D eigenvalue weighted by Crippen LogP contribution is -2.23. The average molecular weight is 209 g/mol. The van der Waals surface area contributed by atoms with Gasteiger partial charge >= 0.3 is 0 Å². The van der Waals surface area contributed by atoms with E-state index in [9.17, 15) is 0 Å². The van der Waals surface area contributed by atoms with Crippen molar-refractivity contribution in [3.05, 3.63) is 24.3 Å². The van der Waals surface area contributed by atoms with Crippen molar-refractivity contribution in [3.63, 3.8) is 0 Å². The third-order valence-electron chi connectivity index (χ3n) is 2.45. The average Bonchev–Trinajstić information content (AvgIpc) is 2.70. The van der Waals surface area contributed by atoms with Crippen LogP contribution in [0.1, 0.15) is 12.8 Å². The summed E-state index contributed by atoms with van der Waals surface area (Å²) < 4.78 is 0. The molecule has 1 atom stereocenters. The van der Waals surface area contributed by atoms with Crippen LogP contribution in [0.15, 0.2) is 29.2 Å². The van der Waals surface area contributed by atoms with Gasteiger partial charge in [-0.1, -0.05) is 0 Å². The van der Waals surface area contributed by atoms with E-state index in [1.54, 1.807) is 12.1 Å². The second-order valence-electron chi connectivity index (χ2n) is 3.60. The molecule has 3 heteroatoms. The van der Waals surface area contributed by atoms with Gasteiger partial charge in [0, 0.05) is 16.7 Å². The molecule has 0 spiro atoms. The molecule has 0 saturated carbocycles. The summed E-state index contributed by atoms with van der Waals surface area (Å²) in [6.07, 6.45) is 2.60. The zero-order chi connectivity index (χ0) is 9.80. The largest absolute Gasteiger partial charge is 0.508 e. The van der Waals surface area contributed by atoms with Crippen LogP contribution in [0.25, 0.3) is 0 Å². The topological polar surface area (TPSA) is 32.3 Å². The minimum Gasteiger partial charge on any atom is -0.508 e. The van der Waals surface area contributed by atoms with Gasteiger partial charge in [0.2, 0.25) is 0 Å². The minimum absolute atomic E-state index is 0.341. The Morgan fingerprint density at radius 2 is 2.14 bits per heavy atom. The minimum atomic E-state index is 0.341. The highest BCUT2D eigenvalue weighted by Gasteiger charge is 2.13. The summed E-state index contributed by atoms with van der Waals surface area (Å²) in [5, 5.41) is 12.6. The van der Waals surface area contributed by atoms with Crippen LogP contribution in [0, 0.1) is 0 Å². The second kappa shape index (κ2) is 4.71. The number of hydrogen-bond acceptors (Lipinski definition) is 3. The highest BCUT2D eigenvalue weighted by atomic mass is 32.2. The fourth-order valence-electron chi connectivity index (χ4n) is 1.64. The van der Waals surface area contributed by atoms with Crippen molar-refractivity contribution in [1.82, 2.24) is 5.32 Å². The smallest absolute Gasteiger partial charge is 0.115 e. The van der Waals surface area contributed by atoms with Gasteiger partial charge in [0.15, 0.2) is 0 Å². The first-order valence-electron chi connectivity index (χ1n) is 5.00. The molecule has 0 bridgehead atoms. The summed E-state index contributed by atoms with van der Waals surface area (Å²) in [5.41, 5.74) is 0. The quantitative estimate of drug-likeness (QED) is 0.749. The Morgan fingerprint density at radius 1 is 1.36 bits per heavy atom. The maximum Gasteiger partial charge on any atom is 0.115 e. The van der Waals surface area contributed by atoms with Crippen molar-refractivity contribution < 1.29 is 5.11 Å². The van der Waals surface area contributed by atoms with E-state index < -0.39 is 0 Å². The van der Waals surface area contributed by atoms with Gasteiger partial charge in [0.1, 0.15) is 5.75 Å². The molecule has 1 aliphatic rings. The van der Waals surface area contributed by atoms with Crippen molar-refractivity contribution in [2.24, 2.45) is 0 Å². The lowest BCUT2D eigenvalue weighted by molar-refractivity contribution is 0.475. The molecule has 1 aliphatic heterocycles. The number of aromatic hydroxyl groups is 1. The lowest BCUT2D eigenvalue weighted by atomic mass is 10.3. The van der Waals surface area contributed by atoms with Gasteiger partial charge in [-0.25, -0.2) is 0 Å². The van der Waals surface area contributed by atoms with Crippen LogP contribution >= 0.6 is 11.8 Å². The van der Waals surface area contributed by atoms with Crippen LogP contribution in [-0.2, 0) is 0 Å². The molecule has 0 unspecified atom stereocenters. The first kappa shape index (κ1) is 9.87. The molecule has 1 heterocycles. The van der Waals surface area contributed by atoms with E-state index in [4.69, 9.17) is 5.11 Å². The summed E-state index contributed by atoms with van der Waals surface area (Å²) in [4.78, 5) is 1.23. The molecule has 1 aromatic rings. The zero-order valence-electron chi connectivity index (χ0n) is 8.07. The van der Waals surface area contributed by atoms with Crippen LogP contribution in [0.2, 0.25) is 0 Å². The Hall–Kier alpha value is -0.670. The van der Waals surface area contributed by atoms with Gasteiger partial charge < -0.3 is 10.4 Å². The maximum absolute atomic E-state index is 9.11. The molecule has 0 radical (unpaired) electrons. The predicted octanol–water partition coefficient (Wildman–Crippen LogP) is 2.24. The molecular formula is C11H15NOS. The molecule has 1 saturated heterocycles. The Balaban J connectivity index is 1.82. The van der Waals surface area contributed by atoms with Crippen LogP contribution in [0.3, 0.4) is 0 Å². The van der Waals surface area contributed by atoms with E-state index >= 15 is 0 Å². The highest BCUT2D eigenvalue weighted by Crippen LogP contribution is 2.23. The molecule has 76 valence electrons. The summed E-state index contributed by atoms with van der Waals surface area (Å²) in [5.74, 6) is 1.47. The van der Waals surface area contributed by atoms with Crippen molar-refractivity contribution in [3.8, 4) is 5.75 Å². The van der Waals surface area contributed by atoms with Crippen LogP contribution in [-0.4, -0.2) is 23.4 Å². The highest BCUT2D eigenvalue weighted by molar-refractivity contribution is 7.99. The van der Waals surface area contributed by atoms with Crippen molar-refractivity contribution >= 4 is 11.8 Å². The lowest BCUT2D eigenvalue weighted by Gasteiger charge is -2.08. The SMILES string of the molecule is Oc1ccc(SC[C@H]2CCCN2)cc1. The molecule has 1 fully saturated rings. The Bertz CT molecular complexity index is 280. The van der Waals surface area contributed by atoms with E-state index in [0.717, 1.165) is 5.75 Å². The molecule has 14 heavy (non-hydrogen) atoms. The van der Waals surface area contributed by atoms with Crippen LogP contribution < -0.4 is 5.32 Å². The number of nitrogens with one attached hydrogen (secondary N) is 1. The Labute approximate surface area is 88.7 Å². The van der Waals surface area contributed by atoms with Gasteiger partial charge in [-0.2, -0.15) is 0 Å². The fourth-order valence-corrected chi connectivity index (χ4v) is 2.64. The second-order valence-corrected chi connectivity index (χ2v) is 4.69. The molecule has 2 nitrogen and oxygen atoms in total. The van der Waals surface area contributed by atoms with Gasteiger partial charge in [0.25, 0.3) is 0 Å². The predicted molar refractivity (Wildman–Crippen MR) is 59.9 cm³/mol. The van der Waals surface area contributed by atoms with E-state index in [2.05, 4.69) is 5.32 Å². The monoisotopic (exact) mass is 209 g/mol. The summed E-state index contributed by atoms with van der Waals surface area (Å²) in [6, 6.07) is 8.09. The van der Waals surface area contributed by atoms with Crippen molar-refractivity contribution in [2.45, 2.75) is 23.8 Å². The fraction of sp³-hybridized carbons (Fsp3) is 0.455. The van der Waals surface area contributed by atoms with Gasteiger partial charge in [-0.3, -0.25) is 0 Å². The third kappa shape index (κ3) is 2.66. The molecule has 2 rings (SSSR count). The standard InChI is InChI=1S/C11H15NOS/c13-10-3-5-11(6-4-10)14-8-9-2-1-7-12-9/h3-6,9,12-13H,1-2,7-8H2/t9-/m1/s1. The van der Waals surface area contributed by atoms with E-state index in [0.29, 0.717) is 11.8 Å². The van der Waals surface area contributed by atoms with Crippen molar-refractivity contribution in [2.75, 3.05) is 12.3 Å². The summed E-state index contributed by atoms with van der Waals surface area (Å²) >= 11 is 1.85. The number of rotatable bonds is 3. The summed E-state index contributed by atoms with van der Waals surface area (Å²) in [7, 11) is 0. The number of benzene rings is 1. The normalized spacial score (nSPS) is 21.3. The molecular weight excluding hydrogens is 194 g/mol. The third-order valence-corrected chi connectivity index (χ3v) is 3.62. The number of hydrogen-bond donors (Lipinski definition) is 2. The zero-order valence-corrected chi connectivity index (χ0v) is 8.89. The molecule has 2 N–H and O–H groups in total. The summed E-state index contributed by atoms with van der Waals surface area (Å²) in [6.45, 7) is 1.17. The van der Waals surface area contributed by atoms with Gasteiger partial charge in [0.05, 0.1) is 0 Å². The molecule has 0 amide bonds. The van der Waals surface area contributed by atoms with E-state index in [-0.39, 0.29) is 0 Å². The molecule has 0 aliphatic carbocycles. The molecule has 1 aromatic carbocycles. The van der Waals surface area contributed by atoms with Crippen LogP contribution in [0.5, 0.6) is 5.75 Å². The van der Waals surface area contributed by atoms with Crippen molar-refractivity contribution in [1.29, 1.82) is 0 Å². The van der Waals surface area contributed by atoms with Gasteiger partial charge in [-0.15, -0.1) is 11.8 Å². The van der Waals surface area contributed by atoms with Crippen LogP contribution in [0.4, 0.5) is 0 Å². The first-order chi connectivity index (χ1) is 6.84. The molecule has 0 aromatic heterocycles. The number of phenols is 1. The first-order valence-corrected chi connectivity index (χ1v) is 5.98.